The van der Waals surface area contributed by atoms with Crippen molar-refractivity contribution in [3.05, 3.63) is 16.1 Å². The molecular formula is C9H13NO2S. The minimum atomic E-state index is -1.28. The van der Waals surface area contributed by atoms with Gasteiger partial charge in [0.25, 0.3) is 0 Å². The van der Waals surface area contributed by atoms with Crippen molar-refractivity contribution >= 4 is 17.1 Å². The fourth-order valence-electron chi connectivity index (χ4n) is 0.904. The van der Waals surface area contributed by atoms with Crippen LogP contribution >= 0.6 is 11.3 Å². The number of aromatic nitrogens is 1. The van der Waals surface area contributed by atoms with E-state index in [0.717, 1.165) is 5.01 Å². The molecule has 1 atom stereocenters. The Morgan fingerprint density at radius 1 is 1.77 bits per heavy atom. The molecule has 1 aromatic rings. The summed E-state index contributed by atoms with van der Waals surface area (Å²) in [4.78, 5) is 15.6. The molecule has 0 fully saturated rings. The maximum atomic E-state index is 11.6. The van der Waals surface area contributed by atoms with Crippen LogP contribution in [0.2, 0.25) is 0 Å². The highest BCUT2D eigenvalue weighted by Crippen LogP contribution is 2.18. The molecule has 0 amide bonds. The summed E-state index contributed by atoms with van der Waals surface area (Å²) in [5, 5.41) is 12.2. The van der Waals surface area contributed by atoms with Crippen molar-refractivity contribution in [3.63, 3.8) is 0 Å². The molecule has 1 rings (SSSR count). The topological polar surface area (TPSA) is 50.2 Å². The summed E-state index contributed by atoms with van der Waals surface area (Å²) in [6, 6.07) is 0. The second kappa shape index (κ2) is 3.55. The first-order valence-electron chi connectivity index (χ1n) is 4.16. The zero-order chi connectivity index (χ0) is 10.1. The molecule has 0 aromatic carbocycles. The average Bonchev–Trinajstić information content (AvgIpc) is 2.50. The molecule has 0 aliphatic heterocycles. The largest absolute Gasteiger partial charge is 0.382 e. The molecule has 1 N–H and O–H groups in total. The lowest BCUT2D eigenvalue weighted by Crippen LogP contribution is -2.34. The zero-order valence-electron chi connectivity index (χ0n) is 8.00. The lowest BCUT2D eigenvalue weighted by atomic mass is 9.96. The van der Waals surface area contributed by atoms with Gasteiger partial charge in [-0.15, -0.1) is 11.3 Å². The standard InChI is InChI=1S/C9H13NO2S/c1-4-9(3,12)8(11)7-5-13-6(2)10-7/h5,12H,4H2,1-3H3. The molecule has 1 unspecified atom stereocenters. The summed E-state index contributed by atoms with van der Waals surface area (Å²) in [5.74, 6) is -0.292. The van der Waals surface area contributed by atoms with Crippen molar-refractivity contribution < 1.29 is 9.90 Å². The van der Waals surface area contributed by atoms with Gasteiger partial charge in [-0.25, -0.2) is 4.98 Å². The van der Waals surface area contributed by atoms with Crippen LogP contribution in [0.25, 0.3) is 0 Å². The lowest BCUT2D eigenvalue weighted by molar-refractivity contribution is 0.0386. The summed E-state index contributed by atoms with van der Waals surface area (Å²) in [6.07, 6.45) is 0.405. The molecule has 72 valence electrons. The Hall–Kier alpha value is -0.740. The van der Waals surface area contributed by atoms with Gasteiger partial charge in [-0.2, -0.15) is 0 Å². The predicted molar refractivity (Wildman–Crippen MR) is 52.1 cm³/mol. The Bertz CT molecular complexity index is 317. The second-order valence-corrected chi connectivity index (χ2v) is 4.27. The van der Waals surface area contributed by atoms with Crippen LogP contribution in [0.15, 0.2) is 5.38 Å². The van der Waals surface area contributed by atoms with E-state index in [1.54, 1.807) is 12.3 Å². The number of carbonyl (C=O) groups is 1. The first kappa shape index (κ1) is 10.3. The molecule has 1 heterocycles. The molecule has 3 nitrogen and oxygen atoms in total. The van der Waals surface area contributed by atoms with Gasteiger partial charge in [0.2, 0.25) is 5.78 Å². The molecular weight excluding hydrogens is 186 g/mol. The van der Waals surface area contributed by atoms with Gasteiger partial charge >= 0.3 is 0 Å². The number of aryl methyl sites for hydroxylation is 1. The quantitative estimate of drug-likeness (QED) is 0.755. The fraction of sp³-hybridized carbons (Fsp3) is 0.556. The third-order valence-corrected chi connectivity index (χ3v) is 2.80. The fourth-order valence-corrected chi connectivity index (χ4v) is 1.50. The zero-order valence-corrected chi connectivity index (χ0v) is 8.81. The van der Waals surface area contributed by atoms with Gasteiger partial charge in [-0.1, -0.05) is 6.92 Å². The summed E-state index contributed by atoms with van der Waals surface area (Å²) in [6.45, 7) is 5.13. The minimum Gasteiger partial charge on any atom is -0.382 e. The Morgan fingerprint density at radius 3 is 2.77 bits per heavy atom. The molecule has 0 aliphatic carbocycles. The second-order valence-electron chi connectivity index (χ2n) is 3.21. The van der Waals surface area contributed by atoms with Gasteiger partial charge in [0.05, 0.1) is 5.01 Å². The van der Waals surface area contributed by atoms with Crippen molar-refractivity contribution in [2.24, 2.45) is 0 Å². The van der Waals surface area contributed by atoms with Crippen LogP contribution in [-0.2, 0) is 0 Å². The molecule has 1 aromatic heterocycles. The summed E-state index contributed by atoms with van der Waals surface area (Å²) in [7, 11) is 0. The molecule has 0 bridgehead atoms. The van der Waals surface area contributed by atoms with Gasteiger partial charge < -0.3 is 5.11 Å². The molecule has 0 radical (unpaired) electrons. The SMILES string of the molecule is CCC(C)(O)C(=O)c1csc(C)n1. The maximum Gasteiger partial charge on any atom is 0.213 e. The van der Waals surface area contributed by atoms with Gasteiger partial charge in [-0.3, -0.25) is 4.79 Å². The highest BCUT2D eigenvalue weighted by Gasteiger charge is 2.30. The van der Waals surface area contributed by atoms with Crippen molar-refractivity contribution in [3.8, 4) is 0 Å². The Morgan fingerprint density at radius 2 is 2.38 bits per heavy atom. The van der Waals surface area contributed by atoms with Crippen molar-refractivity contribution in [2.45, 2.75) is 32.8 Å². The third kappa shape index (κ3) is 2.14. The first-order valence-corrected chi connectivity index (χ1v) is 5.04. The van der Waals surface area contributed by atoms with E-state index < -0.39 is 5.60 Å². The van der Waals surface area contributed by atoms with Crippen LogP contribution in [0.4, 0.5) is 0 Å². The number of aliphatic hydroxyl groups is 1. The van der Waals surface area contributed by atoms with E-state index in [4.69, 9.17) is 0 Å². The molecule has 0 saturated carbocycles. The number of hydrogen-bond acceptors (Lipinski definition) is 4. The van der Waals surface area contributed by atoms with E-state index in [1.165, 1.54) is 18.3 Å². The van der Waals surface area contributed by atoms with Crippen molar-refractivity contribution in [1.82, 2.24) is 4.98 Å². The number of Topliss-reactive ketones (excluding diaryl/α,β-unsaturated/α-hetero) is 1. The maximum absolute atomic E-state index is 11.6. The highest BCUT2D eigenvalue weighted by molar-refractivity contribution is 7.09. The summed E-state index contributed by atoms with van der Waals surface area (Å²) >= 11 is 1.42. The van der Waals surface area contributed by atoms with E-state index in [1.807, 2.05) is 6.92 Å². The monoisotopic (exact) mass is 199 g/mol. The summed E-state index contributed by atoms with van der Waals surface area (Å²) in [5.41, 5.74) is -0.908. The van der Waals surface area contributed by atoms with E-state index in [-0.39, 0.29) is 5.78 Å². The van der Waals surface area contributed by atoms with E-state index in [0.29, 0.717) is 12.1 Å². The number of rotatable bonds is 3. The van der Waals surface area contributed by atoms with Crippen LogP contribution in [-0.4, -0.2) is 21.5 Å². The predicted octanol–water partition coefficient (Wildman–Crippen LogP) is 1.80. The lowest BCUT2D eigenvalue weighted by Gasteiger charge is -2.17. The van der Waals surface area contributed by atoms with Crippen LogP contribution in [0, 0.1) is 6.92 Å². The average molecular weight is 199 g/mol. The van der Waals surface area contributed by atoms with Crippen LogP contribution in [0.5, 0.6) is 0 Å². The molecule has 0 saturated heterocycles. The van der Waals surface area contributed by atoms with Crippen molar-refractivity contribution in [1.29, 1.82) is 0 Å². The minimum absolute atomic E-state index is 0.292. The normalized spacial score (nSPS) is 15.4. The number of hydrogen-bond donors (Lipinski definition) is 1. The summed E-state index contributed by atoms with van der Waals surface area (Å²) < 4.78 is 0. The number of thiazole rings is 1. The van der Waals surface area contributed by atoms with Crippen LogP contribution in [0.1, 0.15) is 35.8 Å². The van der Waals surface area contributed by atoms with Gasteiger partial charge in [0.1, 0.15) is 11.3 Å². The number of nitrogens with zero attached hydrogens (tertiary/aromatic N) is 1. The Kier molecular flexibility index (Phi) is 2.83. The van der Waals surface area contributed by atoms with E-state index >= 15 is 0 Å². The third-order valence-electron chi connectivity index (χ3n) is 2.03. The first-order chi connectivity index (χ1) is 5.97. The van der Waals surface area contributed by atoms with Crippen molar-refractivity contribution in [2.75, 3.05) is 0 Å². The molecule has 0 spiro atoms. The molecule has 4 heteroatoms. The number of carbonyl (C=O) groups excluding carboxylic acids is 1. The molecule has 13 heavy (non-hydrogen) atoms. The highest BCUT2D eigenvalue weighted by atomic mass is 32.1. The van der Waals surface area contributed by atoms with E-state index in [2.05, 4.69) is 4.98 Å². The Balaban J connectivity index is 2.91. The van der Waals surface area contributed by atoms with Crippen LogP contribution < -0.4 is 0 Å². The smallest absolute Gasteiger partial charge is 0.213 e. The van der Waals surface area contributed by atoms with Gasteiger partial charge in [0.15, 0.2) is 0 Å². The van der Waals surface area contributed by atoms with Gasteiger partial charge in [0, 0.05) is 5.38 Å². The van der Waals surface area contributed by atoms with Gasteiger partial charge in [-0.05, 0) is 20.3 Å². The number of ketones is 1. The molecule has 0 aliphatic rings. The Labute approximate surface area is 81.4 Å². The van der Waals surface area contributed by atoms with E-state index in [9.17, 15) is 9.90 Å². The van der Waals surface area contributed by atoms with Crippen LogP contribution in [0.3, 0.4) is 0 Å².